The van der Waals surface area contributed by atoms with Crippen LogP contribution in [-0.4, -0.2) is 30.5 Å². The van der Waals surface area contributed by atoms with Gasteiger partial charge in [-0.25, -0.2) is 4.98 Å². The standard InChI is InChI=1S/C21H20N6O2/c28-20(10-13-26-15-22-18-9-5-4-8-17(18)21(26)29)25-19(14-27-23-11-12-24-27)16-6-2-1-3-7-16/h1-9,11-12,15,19H,10,13-14H2,(H,25,28). The number of hydrogen-bond acceptors (Lipinski definition) is 5. The topological polar surface area (TPSA) is 94.7 Å². The van der Waals surface area contributed by atoms with E-state index in [1.54, 1.807) is 30.6 Å². The van der Waals surface area contributed by atoms with Crippen molar-refractivity contribution in [3.8, 4) is 0 Å². The van der Waals surface area contributed by atoms with Crippen molar-refractivity contribution in [2.75, 3.05) is 0 Å². The van der Waals surface area contributed by atoms with Gasteiger partial charge in [0.2, 0.25) is 5.91 Å². The first-order chi connectivity index (χ1) is 14.2. The fourth-order valence-corrected chi connectivity index (χ4v) is 3.17. The van der Waals surface area contributed by atoms with Crippen LogP contribution in [-0.2, 0) is 17.9 Å². The van der Waals surface area contributed by atoms with E-state index in [9.17, 15) is 9.59 Å². The Kier molecular flexibility index (Phi) is 5.42. The highest BCUT2D eigenvalue weighted by Crippen LogP contribution is 2.14. The fraction of sp³-hybridized carbons (Fsp3) is 0.190. The van der Waals surface area contributed by atoms with Gasteiger partial charge in [0.15, 0.2) is 0 Å². The lowest BCUT2D eigenvalue weighted by molar-refractivity contribution is -0.122. The Morgan fingerprint density at radius 1 is 1.00 bits per heavy atom. The highest BCUT2D eigenvalue weighted by molar-refractivity contribution is 5.77. The number of benzene rings is 2. The predicted molar refractivity (Wildman–Crippen MR) is 108 cm³/mol. The van der Waals surface area contributed by atoms with E-state index in [0.29, 0.717) is 17.4 Å². The number of rotatable bonds is 7. The summed E-state index contributed by atoms with van der Waals surface area (Å²) in [7, 11) is 0. The summed E-state index contributed by atoms with van der Waals surface area (Å²) in [6, 6.07) is 16.6. The predicted octanol–water partition coefficient (Wildman–Crippen LogP) is 1.94. The number of aromatic nitrogens is 5. The summed E-state index contributed by atoms with van der Waals surface area (Å²) in [5, 5.41) is 11.8. The maximum absolute atomic E-state index is 12.6. The Morgan fingerprint density at radius 2 is 1.72 bits per heavy atom. The molecule has 4 aromatic rings. The minimum absolute atomic E-state index is 0.149. The highest BCUT2D eigenvalue weighted by atomic mass is 16.2. The third kappa shape index (κ3) is 4.37. The van der Waals surface area contributed by atoms with Crippen LogP contribution in [0.3, 0.4) is 0 Å². The van der Waals surface area contributed by atoms with E-state index < -0.39 is 0 Å². The van der Waals surface area contributed by atoms with Crippen molar-refractivity contribution in [3.63, 3.8) is 0 Å². The maximum Gasteiger partial charge on any atom is 0.261 e. The van der Waals surface area contributed by atoms with Crippen molar-refractivity contribution in [2.24, 2.45) is 0 Å². The lowest BCUT2D eigenvalue weighted by atomic mass is 10.1. The lowest BCUT2D eigenvalue weighted by Crippen LogP contribution is -2.33. The number of fused-ring (bicyclic) bond motifs is 1. The molecule has 8 heteroatoms. The number of para-hydroxylation sites is 1. The maximum atomic E-state index is 12.6. The first kappa shape index (κ1) is 18.5. The first-order valence-corrected chi connectivity index (χ1v) is 9.33. The van der Waals surface area contributed by atoms with Crippen LogP contribution in [0.5, 0.6) is 0 Å². The Balaban J connectivity index is 1.46. The molecule has 0 bridgehead atoms. The summed E-state index contributed by atoms with van der Waals surface area (Å²) >= 11 is 0. The molecule has 0 spiro atoms. The van der Waals surface area contributed by atoms with Crippen molar-refractivity contribution < 1.29 is 4.79 Å². The zero-order valence-corrected chi connectivity index (χ0v) is 15.7. The Hall–Kier alpha value is -3.81. The molecule has 2 heterocycles. The average Bonchev–Trinajstić information content (AvgIpc) is 3.27. The van der Waals surface area contributed by atoms with Gasteiger partial charge >= 0.3 is 0 Å². The van der Waals surface area contributed by atoms with Crippen molar-refractivity contribution in [3.05, 3.63) is 89.2 Å². The third-order valence-corrected chi connectivity index (χ3v) is 4.66. The van der Waals surface area contributed by atoms with Gasteiger partial charge in [0.05, 0.1) is 42.2 Å². The minimum atomic E-state index is -0.275. The number of amides is 1. The van der Waals surface area contributed by atoms with E-state index in [-0.39, 0.29) is 30.5 Å². The SMILES string of the molecule is O=C(CCn1cnc2ccccc2c1=O)NC(Cn1nccn1)c1ccccc1. The number of carbonyl (C=O) groups is 1. The molecule has 0 aliphatic rings. The van der Waals surface area contributed by atoms with E-state index in [0.717, 1.165) is 5.56 Å². The van der Waals surface area contributed by atoms with Crippen molar-refractivity contribution in [1.29, 1.82) is 0 Å². The molecule has 8 nitrogen and oxygen atoms in total. The Labute approximate surface area is 166 Å². The molecule has 1 amide bonds. The largest absolute Gasteiger partial charge is 0.347 e. The lowest BCUT2D eigenvalue weighted by Gasteiger charge is -2.19. The number of nitrogens with zero attached hydrogens (tertiary/aromatic N) is 5. The quantitative estimate of drug-likeness (QED) is 0.522. The summed E-state index contributed by atoms with van der Waals surface area (Å²) in [5.74, 6) is -0.161. The molecule has 0 saturated heterocycles. The van der Waals surface area contributed by atoms with Crippen LogP contribution in [0.15, 0.2) is 78.1 Å². The molecule has 2 aromatic heterocycles. The van der Waals surface area contributed by atoms with E-state index in [1.165, 1.54) is 15.7 Å². The van der Waals surface area contributed by atoms with Crippen LogP contribution in [0, 0.1) is 0 Å². The fourth-order valence-electron chi connectivity index (χ4n) is 3.17. The van der Waals surface area contributed by atoms with Gasteiger partial charge in [0.25, 0.3) is 5.56 Å². The minimum Gasteiger partial charge on any atom is -0.347 e. The van der Waals surface area contributed by atoms with Gasteiger partial charge in [-0.15, -0.1) is 0 Å². The van der Waals surface area contributed by atoms with Gasteiger partial charge in [-0.05, 0) is 17.7 Å². The summed E-state index contributed by atoms with van der Waals surface area (Å²) in [5.41, 5.74) is 1.46. The summed E-state index contributed by atoms with van der Waals surface area (Å²) in [6.07, 6.45) is 4.85. The Morgan fingerprint density at radius 3 is 2.52 bits per heavy atom. The first-order valence-electron chi connectivity index (χ1n) is 9.33. The molecular weight excluding hydrogens is 368 g/mol. The molecule has 4 rings (SSSR count). The normalized spacial score (nSPS) is 12.0. The molecule has 29 heavy (non-hydrogen) atoms. The summed E-state index contributed by atoms with van der Waals surface area (Å²) in [4.78, 5) is 31.0. The second-order valence-corrected chi connectivity index (χ2v) is 6.62. The number of aryl methyl sites for hydroxylation is 1. The zero-order valence-electron chi connectivity index (χ0n) is 15.7. The van der Waals surface area contributed by atoms with Crippen LogP contribution >= 0.6 is 0 Å². The van der Waals surface area contributed by atoms with Crippen molar-refractivity contribution >= 4 is 16.8 Å². The van der Waals surface area contributed by atoms with E-state index >= 15 is 0 Å². The molecule has 1 unspecified atom stereocenters. The summed E-state index contributed by atoms with van der Waals surface area (Å²) < 4.78 is 1.47. The molecule has 0 radical (unpaired) electrons. The number of hydrogen-bond donors (Lipinski definition) is 1. The molecule has 1 atom stereocenters. The van der Waals surface area contributed by atoms with Gasteiger partial charge in [0, 0.05) is 13.0 Å². The molecule has 0 fully saturated rings. The van der Waals surface area contributed by atoms with Gasteiger partial charge in [-0.2, -0.15) is 15.0 Å². The zero-order chi connectivity index (χ0) is 20.1. The van der Waals surface area contributed by atoms with Gasteiger partial charge in [0.1, 0.15) is 0 Å². The van der Waals surface area contributed by atoms with Gasteiger partial charge < -0.3 is 5.32 Å². The van der Waals surface area contributed by atoms with Crippen molar-refractivity contribution in [2.45, 2.75) is 25.6 Å². The third-order valence-electron chi connectivity index (χ3n) is 4.66. The van der Waals surface area contributed by atoms with Gasteiger partial charge in [-0.3, -0.25) is 14.2 Å². The average molecular weight is 388 g/mol. The number of carbonyl (C=O) groups excluding carboxylic acids is 1. The molecule has 0 aliphatic heterocycles. The van der Waals surface area contributed by atoms with E-state index in [2.05, 4.69) is 20.5 Å². The van der Waals surface area contributed by atoms with E-state index in [1.807, 2.05) is 36.4 Å². The smallest absolute Gasteiger partial charge is 0.261 e. The van der Waals surface area contributed by atoms with Crippen LogP contribution in [0.2, 0.25) is 0 Å². The highest BCUT2D eigenvalue weighted by Gasteiger charge is 2.16. The second kappa shape index (κ2) is 8.47. The molecule has 0 saturated carbocycles. The molecular formula is C21H20N6O2. The number of nitrogens with one attached hydrogen (secondary N) is 1. The van der Waals surface area contributed by atoms with E-state index in [4.69, 9.17) is 0 Å². The summed E-state index contributed by atoms with van der Waals surface area (Å²) in [6.45, 7) is 0.671. The molecule has 1 N–H and O–H groups in total. The van der Waals surface area contributed by atoms with Crippen LogP contribution < -0.4 is 10.9 Å². The second-order valence-electron chi connectivity index (χ2n) is 6.62. The van der Waals surface area contributed by atoms with Crippen LogP contribution in [0.25, 0.3) is 10.9 Å². The Bertz CT molecular complexity index is 1150. The van der Waals surface area contributed by atoms with Crippen LogP contribution in [0.4, 0.5) is 0 Å². The van der Waals surface area contributed by atoms with Crippen LogP contribution in [0.1, 0.15) is 18.0 Å². The molecule has 0 aliphatic carbocycles. The van der Waals surface area contributed by atoms with Gasteiger partial charge in [-0.1, -0.05) is 42.5 Å². The van der Waals surface area contributed by atoms with Crippen molar-refractivity contribution in [1.82, 2.24) is 29.9 Å². The monoisotopic (exact) mass is 388 g/mol. The molecule has 2 aromatic carbocycles. The molecule has 146 valence electrons.